The Morgan fingerprint density at radius 2 is 2.06 bits per heavy atom. The molecular formula is C22H26N6O4. The maximum Gasteiger partial charge on any atom is 0.303 e. The summed E-state index contributed by atoms with van der Waals surface area (Å²) in [6.45, 7) is 3.16. The number of anilines is 2. The topological polar surface area (TPSA) is 145 Å². The average molecular weight is 438 g/mol. The van der Waals surface area contributed by atoms with Crippen LogP contribution in [0.25, 0.3) is 0 Å². The third kappa shape index (κ3) is 6.27. The molecule has 2 heterocycles. The van der Waals surface area contributed by atoms with Crippen molar-refractivity contribution in [3.8, 4) is 0 Å². The van der Waals surface area contributed by atoms with E-state index < -0.39 is 11.9 Å². The summed E-state index contributed by atoms with van der Waals surface area (Å²) in [5.41, 5.74) is 3.05. The highest BCUT2D eigenvalue weighted by atomic mass is 16.4. The molecule has 5 N–H and O–H groups in total. The molecule has 168 valence electrons. The van der Waals surface area contributed by atoms with Gasteiger partial charge in [0.25, 0.3) is 5.91 Å². The van der Waals surface area contributed by atoms with Gasteiger partial charge in [0.15, 0.2) is 5.96 Å². The van der Waals surface area contributed by atoms with Crippen molar-refractivity contribution in [3.05, 3.63) is 53.3 Å². The lowest BCUT2D eigenvalue weighted by Crippen LogP contribution is -2.33. The van der Waals surface area contributed by atoms with E-state index in [-0.39, 0.29) is 25.3 Å². The molecule has 0 spiro atoms. The van der Waals surface area contributed by atoms with Gasteiger partial charge in [0.2, 0.25) is 5.91 Å². The standard InChI is InChI=1S/C22H26N6O4/c1-2-17-16(6-7-20(30)31)18(8-9-23-17)28-19(29)13-26-21(32)14-4-3-5-15(12-14)27-22-24-10-11-25-22/h3-5,8-9,12H,2,6-7,10-11,13H2,1H3,(H,26,32)(H,30,31)(H,23,28,29)(H2,24,25,27). The van der Waals surface area contributed by atoms with Crippen molar-refractivity contribution in [2.24, 2.45) is 4.99 Å². The van der Waals surface area contributed by atoms with Crippen LogP contribution in [0.1, 0.15) is 35.0 Å². The third-order valence-corrected chi connectivity index (χ3v) is 4.81. The Bertz CT molecular complexity index is 1040. The number of amides is 2. The van der Waals surface area contributed by atoms with Gasteiger partial charge in [0.05, 0.1) is 13.1 Å². The first-order valence-electron chi connectivity index (χ1n) is 10.4. The highest BCUT2D eigenvalue weighted by Crippen LogP contribution is 2.20. The number of nitrogens with one attached hydrogen (secondary N) is 4. The van der Waals surface area contributed by atoms with E-state index in [2.05, 4.69) is 31.2 Å². The number of aromatic nitrogens is 1. The molecule has 1 aromatic carbocycles. The first-order chi connectivity index (χ1) is 15.5. The molecule has 2 aromatic rings. The van der Waals surface area contributed by atoms with Crippen molar-refractivity contribution >= 4 is 35.1 Å². The molecule has 0 radical (unpaired) electrons. The van der Waals surface area contributed by atoms with Crippen molar-refractivity contribution in [2.45, 2.75) is 26.2 Å². The van der Waals surface area contributed by atoms with Crippen molar-refractivity contribution in [2.75, 3.05) is 30.3 Å². The molecule has 0 fully saturated rings. The highest BCUT2D eigenvalue weighted by molar-refractivity contribution is 6.01. The number of aryl methyl sites for hydroxylation is 1. The fourth-order valence-electron chi connectivity index (χ4n) is 3.28. The van der Waals surface area contributed by atoms with Crippen molar-refractivity contribution in [1.82, 2.24) is 15.6 Å². The number of carboxylic acids is 1. The second kappa shape index (κ2) is 10.9. The van der Waals surface area contributed by atoms with Crippen molar-refractivity contribution in [1.29, 1.82) is 0 Å². The Kier molecular flexibility index (Phi) is 7.74. The normalized spacial score (nSPS) is 12.5. The van der Waals surface area contributed by atoms with E-state index in [0.29, 0.717) is 41.4 Å². The number of carbonyl (C=O) groups is 3. The number of hydrogen-bond donors (Lipinski definition) is 5. The highest BCUT2D eigenvalue weighted by Gasteiger charge is 2.14. The number of benzene rings is 1. The van der Waals surface area contributed by atoms with Gasteiger partial charge in [-0.15, -0.1) is 0 Å². The van der Waals surface area contributed by atoms with Crippen LogP contribution in [0, 0.1) is 0 Å². The minimum Gasteiger partial charge on any atom is -0.481 e. The fraction of sp³-hybridized carbons (Fsp3) is 0.318. The molecule has 1 aliphatic heterocycles. The lowest BCUT2D eigenvalue weighted by molar-refractivity contribution is -0.137. The Hall–Kier alpha value is -3.95. The summed E-state index contributed by atoms with van der Waals surface area (Å²) in [6, 6.07) is 8.52. The number of aliphatic carboxylic acids is 1. The Balaban J connectivity index is 1.59. The van der Waals surface area contributed by atoms with Crippen LogP contribution in [-0.4, -0.2) is 53.5 Å². The van der Waals surface area contributed by atoms with Gasteiger partial charge >= 0.3 is 5.97 Å². The average Bonchev–Trinajstić information content (AvgIpc) is 3.29. The van der Waals surface area contributed by atoms with Crippen LogP contribution in [0.4, 0.5) is 11.4 Å². The Morgan fingerprint density at radius 3 is 2.78 bits per heavy atom. The van der Waals surface area contributed by atoms with Crippen molar-refractivity contribution in [3.63, 3.8) is 0 Å². The van der Waals surface area contributed by atoms with Gasteiger partial charge in [-0.1, -0.05) is 13.0 Å². The number of hydrogen-bond acceptors (Lipinski definition) is 7. The second-order valence-corrected chi connectivity index (χ2v) is 7.12. The zero-order chi connectivity index (χ0) is 22.9. The lowest BCUT2D eigenvalue weighted by atomic mass is 10.0. The molecule has 2 amide bonds. The van der Waals surface area contributed by atoms with E-state index in [0.717, 1.165) is 12.2 Å². The number of rotatable bonds is 9. The minimum absolute atomic E-state index is 0.0649. The molecule has 0 bridgehead atoms. The second-order valence-electron chi connectivity index (χ2n) is 7.12. The fourth-order valence-corrected chi connectivity index (χ4v) is 3.28. The van der Waals surface area contributed by atoms with Crippen LogP contribution in [0.2, 0.25) is 0 Å². The van der Waals surface area contributed by atoms with E-state index in [4.69, 9.17) is 5.11 Å². The van der Waals surface area contributed by atoms with Gasteiger partial charge in [-0.05, 0) is 42.7 Å². The van der Waals surface area contributed by atoms with E-state index in [1.807, 2.05) is 13.0 Å². The summed E-state index contributed by atoms with van der Waals surface area (Å²) in [5.74, 6) is -1.07. The number of guanidine groups is 1. The van der Waals surface area contributed by atoms with E-state index in [1.165, 1.54) is 0 Å². The maximum absolute atomic E-state index is 12.5. The lowest BCUT2D eigenvalue weighted by Gasteiger charge is -2.14. The number of carboxylic acid groups (broad SMARTS) is 1. The number of nitrogens with zero attached hydrogens (tertiary/aromatic N) is 2. The van der Waals surface area contributed by atoms with Crippen LogP contribution in [-0.2, 0) is 22.4 Å². The first-order valence-corrected chi connectivity index (χ1v) is 10.4. The van der Waals surface area contributed by atoms with Gasteiger partial charge in [-0.25, -0.2) is 0 Å². The summed E-state index contributed by atoms with van der Waals surface area (Å²) in [7, 11) is 0. The predicted molar refractivity (Wildman–Crippen MR) is 121 cm³/mol. The molecule has 0 aliphatic carbocycles. The van der Waals surface area contributed by atoms with E-state index in [9.17, 15) is 14.4 Å². The van der Waals surface area contributed by atoms with Gasteiger partial charge < -0.3 is 26.4 Å². The largest absolute Gasteiger partial charge is 0.481 e. The molecule has 0 saturated heterocycles. The van der Waals surface area contributed by atoms with Gasteiger partial charge in [-0.2, -0.15) is 0 Å². The molecule has 10 heteroatoms. The predicted octanol–water partition coefficient (Wildman–Crippen LogP) is 1.40. The number of pyridine rings is 1. The Labute approximate surface area is 185 Å². The van der Waals surface area contributed by atoms with Crippen LogP contribution in [0.5, 0.6) is 0 Å². The molecule has 0 atom stereocenters. The van der Waals surface area contributed by atoms with Gasteiger partial charge in [0, 0.05) is 41.8 Å². The summed E-state index contributed by atoms with van der Waals surface area (Å²) in [6.07, 6.45) is 2.37. The zero-order valence-electron chi connectivity index (χ0n) is 17.8. The van der Waals surface area contributed by atoms with Crippen LogP contribution in [0.15, 0.2) is 41.5 Å². The van der Waals surface area contributed by atoms with Gasteiger partial charge in [-0.3, -0.25) is 24.4 Å². The molecule has 1 aliphatic rings. The molecule has 3 rings (SSSR count). The SMILES string of the molecule is CCc1nccc(NC(=O)CNC(=O)c2cccc(NC3=NCCN3)c2)c1CCC(=O)O. The van der Waals surface area contributed by atoms with Crippen LogP contribution >= 0.6 is 0 Å². The van der Waals surface area contributed by atoms with Gasteiger partial charge in [0.1, 0.15) is 0 Å². The summed E-state index contributed by atoms with van der Waals surface area (Å²) < 4.78 is 0. The van der Waals surface area contributed by atoms with Crippen molar-refractivity contribution < 1.29 is 19.5 Å². The molecule has 1 aromatic heterocycles. The quantitative estimate of drug-likeness (QED) is 0.398. The smallest absolute Gasteiger partial charge is 0.303 e. The Morgan fingerprint density at radius 1 is 1.22 bits per heavy atom. The summed E-state index contributed by atoms with van der Waals surface area (Å²) in [4.78, 5) is 44.4. The van der Waals surface area contributed by atoms with Crippen LogP contribution < -0.4 is 21.3 Å². The van der Waals surface area contributed by atoms with E-state index >= 15 is 0 Å². The zero-order valence-corrected chi connectivity index (χ0v) is 17.8. The van der Waals surface area contributed by atoms with Crippen LogP contribution in [0.3, 0.4) is 0 Å². The summed E-state index contributed by atoms with van der Waals surface area (Å²) >= 11 is 0. The molecule has 10 nitrogen and oxygen atoms in total. The maximum atomic E-state index is 12.5. The number of aliphatic imine (C=N–C) groups is 1. The number of carbonyl (C=O) groups excluding carboxylic acids is 2. The molecule has 0 unspecified atom stereocenters. The molecule has 0 saturated carbocycles. The minimum atomic E-state index is -0.923. The summed E-state index contributed by atoms with van der Waals surface area (Å²) in [5, 5.41) is 20.5. The third-order valence-electron chi connectivity index (χ3n) is 4.81. The first kappa shape index (κ1) is 22.7. The monoisotopic (exact) mass is 438 g/mol. The van der Waals surface area contributed by atoms with E-state index in [1.54, 1.807) is 30.5 Å². The molecular weight excluding hydrogens is 412 g/mol. The molecule has 32 heavy (non-hydrogen) atoms.